The Morgan fingerprint density at radius 3 is 2.83 bits per heavy atom. The number of halogens is 1. The maximum atomic E-state index is 5.76. The van der Waals surface area contributed by atoms with E-state index in [0.717, 1.165) is 37.4 Å². The van der Waals surface area contributed by atoms with Gasteiger partial charge < -0.3 is 0 Å². The number of nitrogens with zero attached hydrogens (tertiary/aromatic N) is 4. The smallest absolute Gasteiger partial charge is 0.147 e. The fourth-order valence-corrected chi connectivity index (χ4v) is 3.27. The summed E-state index contributed by atoms with van der Waals surface area (Å²) in [4.78, 5) is 13.5. The summed E-state index contributed by atoms with van der Waals surface area (Å²) in [5.41, 5.74) is 1.01. The average Bonchev–Trinajstić information content (AvgIpc) is 2.60. The van der Waals surface area contributed by atoms with Crippen LogP contribution in [0, 0.1) is 0 Å². The van der Waals surface area contributed by atoms with Gasteiger partial charge in [-0.2, -0.15) is 0 Å². The number of aromatic nitrogens is 2. The van der Waals surface area contributed by atoms with Crippen LogP contribution in [-0.4, -0.2) is 52.0 Å². The normalized spacial score (nSPS) is 29.4. The van der Waals surface area contributed by atoms with Crippen LogP contribution in [0.25, 0.3) is 0 Å². The molecule has 2 saturated heterocycles. The number of fused-ring (bicyclic) bond motifs is 2. The van der Waals surface area contributed by atoms with Crippen LogP contribution in [0.15, 0.2) is 12.4 Å². The van der Waals surface area contributed by atoms with Gasteiger partial charge in [-0.1, -0.05) is 11.6 Å². The molecule has 2 aliphatic heterocycles. The number of hydrogen-bond donors (Lipinski definition) is 0. The van der Waals surface area contributed by atoms with E-state index >= 15 is 0 Å². The fourth-order valence-electron chi connectivity index (χ4n) is 3.17. The molecule has 0 aliphatic carbocycles. The summed E-state index contributed by atoms with van der Waals surface area (Å²) < 4.78 is 0. The zero-order valence-corrected chi connectivity index (χ0v) is 11.5. The number of likely N-dealkylation sites (tertiary alicyclic amines) is 1. The van der Waals surface area contributed by atoms with Crippen molar-refractivity contribution in [1.29, 1.82) is 0 Å². The van der Waals surface area contributed by atoms with Crippen LogP contribution < -0.4 is 0 Å². The van der Waals surface area contributed by atoms with Crippen molar-refractivity contribution in [2.24, 2.45) is 0 Å². The second-order valence-corrected chi connectivity index (χ2v) is 5.79. The van der Waals surface area contributed by atoms with Gasteiger partial charge in [0, 0.05) is 31.7 Å². The van der Waals surface area contributed by atoms with Crippen molar-refractivity contribution >= 4 is 11.6 Å². The Morgan fingerprint density at radius 1 is 1.22 bits per heavy atom. The van der Waals surface area contributed by atoms with E-state index in [4.69, 9.17) is 11.6 Å². The highest BCUT2D eigenvalue weighted by Crippen LogP contribution is 2.28. The lowest BCUT2D eigenvalue weighted by molar-refractivity contribution is 0.213. The molecular weight excluding hydrogens is 248 g/mol. The van der Waals surface area contributed by atoms with Crippen molar-refractivity contribution < 1.29 is 0 Å². The molecular formula is C13H19ClN4. The molecule has 0 saturated carbocycles. The molecule has 0 radical (unpaired) electrons. The third-order valence-electron chi connectivity index (χ3n) is 4.29. The molecule has 2 atom stereocenters. The Morgan fingerprint density at radius 2 is 2.06 bits per heavy atom. The van der Waals surface area contributed by atoms with E-state index in [1.54, 1.807) is 12.4 Å². The second kappa shape index (κ2) is 5.11. The summed E-state index contributed by atoms with van der Waals surface area (Å²) >= 11 is 5.76. The van der Waals surface area contributed by atoms with Crippen LogP contribution in [0.4, 0.5) is 0 Å². The molecule has 4 nitrogen and oxygen atoms in total. The molecule has 0 amide bonds. The molecule has 0 spiro atoms. The van der Waals surface area contributed by atoms with Crippen molar-refractivity contribution in [2.45, 2.75) is 37.9 Å². The largest absolute Gasteiger partial charge is 0.299 e. The summed E-state index contributed by atoms with van der Waals surface area (Å²) in [6.07, 6.45) is 7.40. The number of likely N-dealkylation sites (N-methyl/N-ethyl adjacent to an activating group) is 1. The highest BCUT2D eigenvalue weighted by atomic mass is 35.5. The molecule has 2 unspecified atom stereocenters. The van der Waals surface area contributed by atoms with Crippen LogP contribution in [0.3, 0.4) is 0 Å². The lowest BCUT2D eigenvalue weighted by Crippen LogP contribution is -2.36. The molecule has 0 N–H and O–H groups in total. The Kier molecular flexibility index (Phi) is 3.50. The first-order valence-electron chi connectivity index (χ1n) is 6.63. The minimum Gasteiger partial charge on any atom is -0.299 e. The first-order valence-corrected chi connectivity index (χ1v) is 7.01. The van der Waals surface area contributed by atoms with Crippen LogP contribution >= 0.6 is 11.6 Å². The SMILES string of the molecule is CN1C2CCC1CN(Cc1cnc(Cl)cn1)CC2. The van der Waals surface area contributed by atoms with Gasteiger partial charge in [0.05, 0.1) is 18.1 Å². The molecule has 1 aromatic heterocycles. The van der Waals surface area contributed by atoms with Gasteiger partial charge >= 0.3 is 0 Å². The molecule has 2 bridgehead atoms. The van der Waals surface area contributed by atoms with Gasteiger partial charge in [-0.3, -0.25) is 14.8 Å². The van der Waals surface area contributed by atoms with Crippen molar-refractivity contribution in [3.05, 3.63) is 23.2 Å². The number of rotatable bonds is 2. The van der Waals surface area contributed by atoms with E-state index in [9.17, 15) is 0 Å². The average molecular weight is 267 g/mol. The molecule has 98 valence electrons. The Bertz CT molecular complexity index is 408. The minimum absolute atomic E-state index is 0.466. The highest BCUT2D eigenvalue weighted by Gasteiger charge is 2.34. The maximum Gasteiger partial charge on any atom is 0.147 e. The van der Waals surface area contributed by atoms with Crippen molar-refractivity contribution in [2.75, 3.05) is 20.1 Å². The molecule has 3 heterocycles. The molecule has 3 rings (SSSR count). The zero-order valence-electron chi connectivity index (χ0n) is 10.7. The van der Waals surface area contributed by atoms with Crippen LogP contribution in [0.1, 0.15) is 25.0 Å². The van der Waals surface area contributed by atoms with Gasteiger partial charge in [0.15, 0.2) is 0 Å². The van der Waals surface area contributed by atoms with Gasteiger partial charge in [-0.25, -0.2) is 4.98 Å². The predicted octanol–water partition coefficient (Wildman–Crippen LogP) is 1.80. The van der Waals surface area contributed by atoms with Gasteiger partial charge in [0.25, 0.3) is 0 Å². The lowest BCUT2D eigenvalue weighted by atomic mass is 10.1. The van der Waals surface area contributed by atoms with Crippen LogP contribution in [0.5, 0.6) is 0 Å². The van der Waals surface area contributed by atoms with Crippen molar-refractivity contribution in [1.82, 2.24) is 19.8 Å². The third kappa shape index (κ3) is 2.51. The summed E-state index contributed by atoms with van der Waals surface area (Å²) in [7, 11) is 2.27. The standard InChI is InChI=1S/C13H19ClN4/c1-17-11-2-3-12(17)9-18(5-4-11)8-10-6-16-13(14)7-15-10/h6-7,11-12H,2-5,8-9H2,1H3. The number of hydrogen-bond acceptors (Lipinski definition) is 4. The quantitative estimate of drug-likeness (QED) is 0.817. The van der Waals surface area contributed by atoms with Crippen molar-refractivity contribution in [3.63, 3.8) is 0 Å². The van der Waals surface area contributed by atoms with E-state index in [1.165, 1.54) is 19.3 Å². The molecule has 18 heavy (non-hydrogen) atoms. The summed E-state index contributed by atoms with van der Waals surface area (Å²) in [6, 6.07) is 1.51. The Hall–Kier alpha value is -0.710. The van der Waals surface area contributed by atoms with Crippen molar-refractivity contribution in [3.8, 4) is 0 Å². The molecule has 2 aliphatic rings. The van der Waals surface area contributed by atoms with Gasteiger partial charge in [-0.05, 0) is 26.3 Å². The van der Waals surface area contributed by atoms with Crippen LogP contribution in [0.2, 0.25) is 5.15 Å². The first kappa shape index (κ1) is 12.3. The summed E-state index contributed by atoms with van der Waals surface area (Å²) in [5, 5.41) is 0.466. The zero-order chi connectivity index (χ0) is 12.5. The monoisotopic (exact) mass is 266 g/mol. The van der Waals surface area contributed by atoms with E-state index in [0.29, 0.717) is 5.15 Å². The molecule has 0 aromatic carbocycles. The molecule has 1 aromatic rings. The van der Waals surface area contributed by atoms with Gasteiger partial charge in [0.1, 0.15) is 5.15 Å². The Balaban J connectivity index is 1.65. The topological polar surface area (TPSA) is 32.3 Å². The van der Waals surface area contributed by atoms with E-state index < -0.39 is 0 Å². The third-order valence-corrected chi connectivity index (χ3v) is 4.49. The van der Waals surface area contributed by atoms with Crippen LogP contribution in [-0.2, 0) is 6.54 Å². The maximum absolute atomic E-state index is 5.76. The van der Waals surface area contributed by atoms with Gasteiger partial charge in [0.2, 0.25) is 0 Å². The minimum atomic E-state index is 0.466. The molecule has 5 heteroatoms. The Labute approximate surface area is 113 Å². The second-order valence-electron chi connectivity index (χ2n) is 5.40. The van der Waals surface area contributed by atoms with Gasteiger partial charge in [-0.15, -0.1) is 0 Å². The highest BCUT2D eigenvalue weighted by molar-refractivity contribution is 6.29. The molecule has 2 fully saturated rings. The first-order chi connectivity index (χ1) is 8.72. The van der Waals surface area contributed by atoms with E-state index in [-0.39, 0.29) is 0 Å². The summed E-state index contributed by atoms with van der Waals surface area (Å²) in [5.74, 6) is 0. The summed E-state index contributed by atoms with van der Waals surface area (Å²) in [6.45, 7) is 3.20. The fraction of sp³-hybridized carbons (Fsp3) is 0.692. The lowest BCUT2D eigenvalue weighted by Gasteiger charge is -2.25. The predicted molar refractivity (Wildman–Crippen MR) is 71.5 cm³/mol. The van der Waals surface area contributed by atoms with E-state index in [2.05, 4.69) is 26.8 Å². The van der Waals surface area contributed by atoms with E-state index in [1.807, 2.05) is 0 Å².